The summed E-state index contributed by atoms with van der Waals surface area (Å²) in [6.07, 6.45) is 0. The van der Waals surface area contributed by atoms with E-state index in [1.807, 2.05) is 6.07 Å². The molecule has 0 unspecified atom stereocenters. The van der Waals surface area contributed by atoms with Gasteiger partial charge in [0.1, 0.15) is 5.82 Å². The Hall–Kier alpha value is -0.610. The van der Waals surface area contributed by atoms with Gasteiger partial charge in [-0.1, -0.05) is 15.9 Å². The Morgan fingerprint density at radius 2 is 1.94 bits per heavy atom. The largest absolute Gasteiger partial charge is 0.369 e. The Morgan fingerprint density at radius 3 is 2.56 bits per heavy atom. The minimum absolute atomic E-state index is 0.160. The summed E-state index contributed by atoms with van der Waals surface area (Å²) in [4.78, 5) is 4.64. The van der Waals surface area contributed by atoms with E-state index in [1.54, 1.807) is 12.1 Å². The van der Waals surface area contributed by atoms with Crippen molar-refractivity contribution in [3.05, 3.63) is 29.6 Å². The molecule has 1 fully saturated rings. The van der Waals surface area contributed by atoms with Gasteiger partial charge in [-0.2, -0.15) is 0 Å². The first-order valence-electron chi connectivity index (χ1n) is 5.48. The second-order valence-electron chi connectivity index (χ2n) is 4.20. The molecule has 2 rings (SSSR count). The topological polar surface area (TPSA) is 6.48 Å². The number of benzene rings is 1. The van der Waals surface area contributed by atoms with Crippen molar-refractivity contribution in [2.75, 3.05) is 38.1 Å². The molecule has 0 aliphatic carbocycles. The summed E-state index contributed by atoms with van der Waals surface area (Å²) in [7, 11) is 2.13. The number of hydrogen-bond donors (Lipinski definition) is 0. The maximum absolute atomic E-state index is 13.1. The Kier molecular flexibility index (Phi) is 3.82. The van der Waals surface area contributed by atoms with Gasteiger partial charge in [0.2, 0.25) is 0 Å². The third-order valence-electron chi connectivity index (χ3n) is 3.03. The molecule has 88 valence electrons. The van der Waals surface area contributed by atoms with Crippen LogP contribution in [0.25, 0.3) is 0 Å². The van der Waals surface area contributed by atoms with Gasteiger partial charge in [0.15, 0.2) is 0 Å². The van der Waals surface area contributed by atoms with E-state index in [2.05, 4.69) is 32.8 Å². The summed E-state index contributed by atoms with van der Waals surface area (Å²) in [6, 6.07) is 5.04. The van der Waals surface area contributed by atoms with Crippen LogP contribution in [0.4, 0.5) is 10.1 Å². The molecule has 16 heavy (non-hydrogen) atoms. The van der Waals surface area contributed by atoms with Crippen molar-refractivity contribution in [1.29, 1.82) is 0 Å². The molecule has 1 aliphatic rings. The van der Waals surface area contributed by atoms with Crippen LogP contribution in [0.15, 0.2) is 18.2 Å². The second-order valence-corrected chi connectivity index (χ2v) is 4.76. The van der Waals surface area contributed by atoms with Crippen molar-refractivity contribution in [3.63, 3.8) is 0 Å². The predicted molar refractivity (Wildman–Crippen MR) is 68.7 cm³/mol. The fraction of sp³-hybridized carbons (Fsp3) is 0.500. The van der Waals surface area contributed by atoms with Gasteiger partial charge in [-0.3, -0.25) is 0 Å². The average Bonchev–Trinajstić information content (AvgIpc) is 2.30. The van der Waals surface area contributed by atoms with Crippen LogP contribution in [0.1, 0.15) is 5.56 Å². The lowest BCUT2D eigenvalue weighted by Gasteiger charge is -2.35. The fourth-order valence-electron chi connectivity index (χ4n) is 2.02. The summed E-state index contributed by atoms with van der Waals surface area (Å²) in [5.74, 6) is -0.160. The third kappa shape index (κ3) is 2.55. The van der Waals surface area contributed by atoms with E-state index in [9.17, 15) is 4.39 Å². The normalized spacial score (nSPS) is 17.8. The highest BCUT2D eigenvalue weighted by Crippen LogP contribution is 2.24. The maximum Gasteiger partial charge on any atom is 0.123 e. The van der Waals surface area contributed by atoms with E-state index in [-0.39, 0.29) is 5.82 Å². The molecule has 1 aromatic carbocycles. The van der Waals surface area contributed by atoms with Crippen molar-refractivity contribution in [2.24, 2.45) is 0 Å². The highest BCUT2D eigenvalue weighted by molar-refractivity contribution is 9.08. The summed E-state index contributed by atoms with van der Waals surface area (Å²) in [6.45, 7) is 4.17. The molecule has 0 N–H and O–H groups in total. The molecule has 0 spiro atoms. The Labute approximate surface area is 104 Å². The van der Waals surface area contributed by atoms with Gasteiger partial charge >= 0.3 is 0 Å². The quantitative estimate of drug-likeness (QED) is 0.771. The monoisotopic (exact) mass is 286 g/mol. The van der Waals surface area contributed by atoms with Gasteiger partial charge in [-0.15, -0.1) is 0 Å². The number of alkyl halides is 1. The Morgan fingerprint density at radius 1 is 1.25 bits per heavy atom. The zero-order chi connectivity index (χ0) is 11.5. The molecule has 0 atom stereocenters. The summed E-state index contributed by atoms with van der Waals surface area (Å²) >= 11 is 3.42. The minimum Gasteiger partial charge on any atom is -0.369 e. The number of halogens is 2. The Balaban J connectivity index is 2.19. The van der Waals surface area contributed by atoms with Crippen LogP contribution in [0.5, 0.6) is 0 Å². The average molecular weight is 287 g/mol. The summed E-state index contributed by atoms with van der Waals surface area (Å²) in [5.41, 5.74) is 2.19. The molecule has 1 aromatic rings. The summed E-state index contributed by atoms with van der Waals surface area (Å²) < 4.78 is 13.1. The lowest BCUT2D eigenvalue weighted by atomic mass is 10.1. The first-order valence-corrected chi connectivity index (χ1v) is 6.61. The summed E-state index contributed by atoms with van der Waals surface area (Å²) in [5, 5.41) is 0.701. The van der Waals surface area contributed by atoms with Crippen molar-refractivity contribution in [1.82, 2.24) is 4.90 Å². The number of likely N-dealkylation sites (N-methyl/N-ethyl adjacent to an activating group) is 1. The van der Waals surface area contributed by atoms with Gasteiger partial charge in [0, 0.05) is 37.2 Å². The fourth-order valence-corrected chi connectivity index (χ4v) is 2.47. The zero-order valence-electron chi connectivity index (χ0n) is 9.42. The standard InChI is InChI=1S/C12H16BrFN2/c1-15-4-6-16(7-5-15)12-3-2-11(14)8-10(12)9-13/h2-3,8H,4-7,9H2,1H3. The Bertz CT molecular complexity index is 362. The van der Waals surface area contributed by atoms with Crippen LogP contribution >= 0.6 is 15.9 Å². The van der Waals surface area contributed by atoms with Gasteiger partial charge in [0.25, 0.3) is 0 Å². The molecule has 0 radical (unpaired) electrons. The minimum atomic E-state index is -0.160. The lowest BCUT2D eigenvalue weighted by Crippen LogP contribution is -2.44. The molecule has 1 heterocycles. The maximum atomic E-state index is 13.1. The van der Waals surface area contributed by atoms with Crippen molar-refractivity contribution in [3.8, 4) is 0 Å². The van der Waals surface area contributed by atoms with Crippen LogP contribution in [-0.4, -0.2) is 38.1 Å². The van der Waals surface area contributed by atoms with Crippen LogP contribution in [0.3, 0.4) is 0 Å². The van der Waals surface area contributed by atoms with E-state index in [1.165, 1.54) is 0 Å². The van der Waals surface area contributed by atoms with E-state index >= 15 is 0 Å². The number of anilines is 1. The number of hydrogen-bond acceptors (Lipinski definition) is 2. The van der Waals surface area contributed by atoms with Crippen LogP contribution in [-0.2, 0) is 5.33 Å². The molecule has 1 saturated heterocycles. The van der Waals surface area contributed by atoms with Gasteiger partial charge in [0.05, 0.1) is 0 Å². The molecular weight excluding hydrogens is 271 g/mol. The number of piperazine rings is 1. The smallest absolute Gasteiger partial charge is 0.123 e. The van der Waals surface area contributed by atoms with E-state index in [0.717, 1.165) is 37.4 Å². The second kappa shape index (κ2) is 5.15. The van der Waals surface area contributed by atoms with E-state index in [0.29, 0.717) is 5.33 Å². The highest BCUT2D eigenvalue weighted by atomic mass is 79.9. The van der Waals surface area contributed by atoms with Gasteiger partial charge < -0.3 is 9.80 Å². The molecule has 1 aliphatic heterocycles. The zero-order valence-corrected chi connectivity index (χ0v) is 11.0. The van der Waals surface area contributed by atoms with Crippen LogP contribution in [0.2, 0.25) is 0 Å². The molecule has 0 amide bonds. The van der Waals surface area contributed by atoms with E-state index < -0.39 is 0 Å². The molecular formula is C12H16BrFN2. The lowest BCUT2D eigenvalue weighted by molar-refractivity contribution is 0.312. The first-order chi connectivity index (χ1) is 7.70. The van der Waals surface area contributed by atoms with Gasteiger partial charge in [-0.05, 0) is 30.8 Å². The number of nitrogens with zero attached hydrogens (tertiary/aromatic N) is 2. The van der Waals surface area contributed by atoms with Crippen LogP contribution in [0, 0.1) is 5.82 Å². The van der Waals surface area contributed by atoms with E-state index in [4.69, 9.17) is 0 Å². The highest BCUT2D eigenvalue weighted by Gasteiger charge is 2.16. The first kappa shape index (κ1) is 11.9. The van der Waals surface area contributed by atoms with Crippen molar-refractivity contribution < 1.29 is 4.39 Å². The molecule has 0 saturated carbocycles. The predicted octanol–water partition coefficient (Wildman–Crippen LogP) is 2.47. The molecule has 0 bridgehead atoms. The molecule has 0 aromatic heterocycles. The van der Waals surface area contributed by atoms with Gasteiger partial charge in [-0.25, -0.2) is 4.39 Å². The molecule has 4 heteroatoms. The number of rotatable bonds is 2. The van der Waals surface area contributed by atoms with Crippen molar-refractivity contribution >= 4 is 21.6 Å². The molecule has 2 nitrogen and oxygen atoms in total. The van der Waals surface area contributed by atoms with Crippen molar-refractivity contribution in [2.45, 2.75) is 5.33 Å². The third-order valence-corrected chi connectivity index (χ3v) is 3.63. The SMILES string of the molecule is CN1CCN(c2ccc(F)cc2CBr)CC1. The van der Waals surface area contributed by atoms with Crippen LogP contribution < -0.4 is 4.90 Å².